The second-order valence-electron chi connectivity index (χ2n) is 2.66. The number of hydrogen-bond donors (Lipinski definition) is 0. The lowest BCUT2D eigenvalue weighted by Crippen LogP contribution is -2.13. The van der Waals surface area contributed by atoms with Gasteiger partial charge in [0.15, 0.2) is 0 Å². The van der Waals surface area contributed by atoms with Gasteiger partial charge in [-0.1, -0.05) is 11.6 Å². The zero-order chi connectivity index (χ0) is 12.5. The van der Waals surface area contributed by atoms with Crippen LogP contribution in [0.5, 0.6) is 0 Å². The molecule has 0 N–H and O–H groups in total. The van der Waals surface area contributed by atoms with Crippen LogP contribution in [-0.4, -0.2) is 4.98 Å². The third-order valence-corrected chi connectivity index (χ3v) is 1.90. The minimum Gasteiger partial charge on any atom is -0.235 e. The number of hydrogen-bond acceptors (Lipinski definition) is 2. The van der Waals surface area contributed by atoms with Crippen LogP contribution < -0.4 is 0 Å². The molecular formula is C8H2ClF5N2. The molecule has 1 rings (SSSR count). The summed E-state index contributed by atoms with van der Waals surface area (Å²) in [7, 11) is 0. The fourth-order valence-corrected chi connectivity index (χ4v) is 1.34. The molecule has 0 aliphatic rings. The molecule has 0 bridgehead atoms. The van der Waals surface area contributed by atoms with Crippen LogP contribution in [-0.2, 0) is 6.18 Å². The Hall–Kier alpha value is -1.42. The van der Waals surface area contributed by atoms with E-state index < -0.39 is 34.6 Å². The lowest BCUT2D eigenvalue weighted by atomic mass is 10.1. The van der Waals surface area contributed by atoms with Crippen LogP contribution in [0.15, 0.2) is 6.07 Å². The first-order valence-electron chi connectivity index (χ1n) is 3.73. The molecule has 0 aliphatic carbocycles. The van der Waals surface area contributed by atoms with Gasteiger partial charge in [-0.05, 0) is 6.07 Å². The van der Waals surface area contributed by atoms with Gasteiger partial charge in [-0.15, -0.1) is 0 Å². The van der Waals surface area contributed by atoms with Crippen LogP contribution in [0.25, 0.3) is 0 Å². The van der Waals surface area contributed by atoms with Crippen molar-refractivity contribution in [2.75, 3.05) is 0 Å². The third-order valence-electron chi connectivity index (χ3n) is 1.60. The quantitative estimate of drug-likeness (QED) is 0.720. The molecule has 2 nitrogen and oxygen atoms in total. The molecule has 1 heterocycles. The van der Waals surface area contributed by atoms with E-state index in [1.165, 1.54) is 6.07 Å². The van der Waals surface area contributed by atoms with E-state index in [0.717, 1.165) is 0 Å². The zero-order valence-electron chi connectivity index (χ0n) is 7.32. The first-order chi connectivity index (χ1) is 7.27. The van der Waals surface area contributed by atoms with Crippen molar-refractivity contribution in [1.82, 2.24) is 4.98 Å². The van der Waals surface area contributed by atoms with Gasteiger partial charge in [-0.3, -0.25) is 0 Å². The predicted octanol–water partition coefficient (Wildman–Crippen LogP) is 3.56. The van der Waals surface area contributed by atoms with Crippen molar-refractivity contribution in [2.45, 2.75) is 12.6 Å². The number of nitrogens with zero attached hydrogens (tertiary/aromatic N) is 2. The van der Waals surface area contributed by atoms with Crippen molar-refractivity contribution in [2.24, 2.45) is 0 Å². The summed E-state index contributed by atoms with van der Waals surface area (Å²) < 4.78 is 61.7. The maximum Gasteiger partial charge on any atom is 0.419 e. The van der Waals surface area contributed by atoms with Gasteiger partial charge in [-0.25, -0.2) is 13.8 Å². The molecule has 0 spiro atoms. The number of pyridine rings is 1. The summed E-state index contributed by atoms with van der Waals surface area (Å²) in [6, 6.07) is 1.94. The summed E-state index contributed by atoms with van der Waals surface area (Å²) in [5.41, 5.74) is -3.83. The van der Waals surface area contributed by atoms with E-state index in [1.807, 2.05) is 0 Å². The molecular weight excluding hydrogens is 255 g/mol. The van der Waals surface area contributed by atoms with Gasteiger partial charge in [-0.2, -0.15) is 18.4 Å². The summed E-state index contributed by atoms with van der Waals surface area (Å²) in [4.78, 5) is 2.90. The van der Waals surface area contributed by atoms with Gasteiger partial charge in [0.1, 0.15) is 23.0 Å². The Bertz CT molecular complexity index is 449. The highest BCUT2D eigenvalue weighted by Gasteiger charge is 2.39. The molecule has 1 aromatic heterocycles. The smallest absolute Gasteiger partial charge is 0.235 e. The molecule has 0 radical (unpaired) electrons. The summed E-state index contributed by atoms with van der Waals surface area (Å²) >= 11 is 5.20. The van der Waals surface area contributed by atoms with Crippen molar-refractivity contribution in [1.29, 1.82) is 5.26 Å². The van der Waals surface area contributed by atoms with Crippen LogP contribution >= 0.6 is 11.6 Å². The van der Waals surface area contributed by atoms with Crippen molar-refractivity contribution in [3.63, 3.8) is 0 Å². The van der Waals surface area contributed by atoms with Gasteiger partial charge >= 0.3 is 6.18 Å². The van der Waals surface area contributed by atoms with Crippen molar-refractivity contribution >= 4 is 11.6 Å². The van der Waals surface area contributed by atoms with Gasteiger partial charge in [0.05, 0.1) is 5.02 Å². The SMILES string of the molecule is N#Cc1cc(Cl)c(C(F)(F)F)c(C(F)F)n1. The summed E-state index contributed by atoms with van der Waals surface area (Å²) in [6.07, 6.45) is -8.49. The first-order valence-corrected chi connectivity index (χ1v) is 4.11. The third kappa shape index (κ3) is 2.39. The fourth-order valence-electron chi connectivity index (χ4n) is 1.03. The summed E-state index contributed by atoms with van der Waals surface area (Å²) in [6.45, 7) is 0. The van der Waals surface area contributed by atoms with Crippen molar-refractivity contribution < 1.29 is 22.0 Å². The van der Waals surface area contributed by atoms with E-state index in [1.54, 1.807) is 0 Å². The number of nitriles is 1. The molecule has 0 saturated heterocycles. The molecule has 0 saturated carbocycles. The predicted molar refractivity (Wildman–Crippen MR) is 43.9 cm³/mol. The van der Waals surface area contributed by atoms with E-state index in [9.17, 15) is 22.0 Å². The Morgan fingerprint density at radius 1 is 1.38 bits per heavy atom. The van der Waals surface area contributed by atoms with Gasteiger partial charge < -0.3 is 0 Å². The van der Waals surface area contributed by atoms with E-state index in [0.29, 0.717) is 6.07 Å². The second-order valence-corrected chi connectivity index (χ2v) is 3.07. The molecule has 0 unspecified atom stereocenters. The first kappa shape index (κ1) is 12.6. The maximum absolute atomic E-state index is 12.4. The lowest BCUT2D eigenvalue weighted by molar-refractivity contribution is -0.139. The normalized spacial score (nSPS) is 11.6. The fraction of sp³-hybridized carbons (Fsp3) is 0.250. The highest BCUT2D eigenvalue weighted by Crippen LogP contribution is 2.39. The zero-order valence-corrected chi connectivity index (χ0v) is 8.07. The molecule has 16 heavy (non-hydrogen) atoms. The molecule has 0 amide bonds. The molecule has 0 fully saturated rings. The summed E-state index contributed by atoms with van der Waals surface area (Å²) in [5, 5.41) is 7.40. The van der Waals surface area contributed by atoms with E-state index >= 15 is 0 Å². The minimum atomic E-state index is -5.04. The van der Waals surface area contributed by atoms with Crippen molar-refractivity contribution in [3.8, 4) is 6.07 Å². The van der Waals surface area contributed by atoms with Gasteiger partial charge in [0, 0.05) is 0 Å². The standard InChI is InChI=1S/C8H2ClF5N2/c9-4-1-3(2-15)16-6(7(10)11)5(4)8(12,13)14/h1,7H. The molecule has 0 atom stereocenters. The highest BCUT2D eigenvalue weighted by molar-refractivity contribution is 6.31. The van der Waals surface area contributed by atoms with Crippen molar-refractivity contribution in [3.05, 3.63) is 28.0 Å². The van der Waals surface area contributed by atoms with Crippen LogP contribution in [0.4, 0.5) is 22.0 Å². The van der Waals surface area contributed by atoms with Crippen LogP contribution in [0.3, 0.4) is 0 Å². The molecule has 0 aliphatic heterocycles. The van der Waals surface area contributed by atoms with Crippen LogP contribution in [0, 0.1) is 11.3 Å². The Kier molecular flexibility index (Phi) is 3.33. The Labute approximate surface area is 91.3 Å². The number of rotatable bonds is 1. The molecule has 0 aromatic carbocycles. The number of halogens is 6. The topological polar surface area (TPSA) is 36.7 Å². The van der Waals surface area contributed by atoms with Crippen LogP contribution in [0.2, 0.25) is 5.02 Å². The molecule has 8 heteroatoms. The van der Waals surface area contributed by atoms with E-state index in [4.69, 9.17) is 16.9 Å². The van der Waals surface area contributed by atoms with Crippen LogP contribution in [0.1, 0.15) is 23.4 Å². The Morgan fingerprint density at radius 3 is 2.31 bits per heavy atom. The minimum absolute atomic E-state index is 0.590. The highest BCUT2D eigenvalue weighted by atomic mass is 35.5. The van der Waals surface area contributed by atoms with E-state index in [-0.39, 0.29) is 0 Å². The maximum atomic E-state index is 12.4. The molecule has 1 aromatic rings. The largest absolute Gasteiger partial charge is 0.419 e. The lowest BCUT2D eigenvalue weighted by Gasteiger charge is -2.13. The Balaban J connectivity index is 3.54. The van der Waals surface area contributed by atoms with Gasteiger partial charge in [0.25, 0.3) is 6.43 Å². The molecule has 86 valence electrons. The average molecular weight is 257 g/mol. The number of alkyl halides is 5. The second kappa shape index (κ2) is 4.22. The monoisotopic (exact) mass is 256 g/mol. The number of aromatic nitrogens is 1. The van der Waals surface area contributed by atoms with E-state index in [2.05, 4.69) is 4.98 Å². The summed E-state index contributed by atoms with van der Waals surface area (Å²) in [5.74, 6) is 0. The van der Waals surface area contributed by atoms with Gasteiger partial charge in [0.2, 0.25) is 0 Å². The Morgan fingerprint density at radius 2 is 1.94 bits per heavy atom. The average Bonchev–Trinajstić information content (AvgIpc) is 2.14.